The molecule has 0 bridgehead atoms. The number of nitrogens with zero attached hydrogens (tertiary/aromatic N) is 4. The quantitative estimate of drug-likeness (QED) is 0.236. The maximum absolute atomic E-state index is 12.4. The first-order chi connectivity index (χ1) is 14.9. The standard InChI is InChI=1S/C22H16Cl3N5O/c1-13-2-3-14-9-16(21(25)27-20(14)8-13)11-26-28-22(31)19-6-7-30(29-19)12-15-4-5-17(23)10-18(15)24/h2-11H,12H2,1H3,(H,28,31)/b26-11+. The van der Waals surface area contributed by atoms with E-state index in [-0.39, 0.29) is 5.69 Å². The van der Waals surface area contributed by atoms with Crippen molar-refractivity contribution < 1.29 is 4.79 Å². The summed E-state index contributed by atoms with van der Waals surface area (Å²) in [6.07, 6.45) is 3.15. The predicted molar refractivity (Wildman–Crippen MR) is 124 cm³/mol. The van der Waals surface area contributed by atoms with E-state index < -0.39 is 5.91 Å². The van der Waals surface area contributed by atoms with Crippen molar-refractivity contribution in [3.63, 3.8) is 0 Å². The molecule has 31 heavy (non-hydrogen) atoms. The normalized spacial score (nSPS) is 11.4. The van der Waals surface area contributed by atoms with E-state index in [2.05, 4.69) is 20.6 Å². The molecule has 9 heteroatoms. The number of hydrazone groups is 1. The van der Waals surface area contributed by atoms with Gasteiger partial charge in [0.1, 0.15) is 5.15 Å². The highest BCUT2D eigenvalue weighted by atomic mass is 35.5. The van der Waals surface area contributed by atoms with Crippen molar-refractivity contribution in [2.45, 2.75) is 13.5 Å². The Hall–Kier alpha value is -2.93. The van der Waals surface area contributed by atoms with Gasteiger partial charge >= 0.3 is 0 Å². The summed E-state index contributed by atoms with van der Waals surface area (Å²) in [5.41, 5.74) is 6.02. The van der Waals surface area contributed by atoms with E-state index in [9.17, 15) is 4.79 Å². The molecule has 2 aromatic carbocycles. The van der Waals surface area contributed by atoms with Crippen molar-refractivity contribution in [1.82, 2.24) is 20.2 Å². The van der Waals surface area contributed by atoms with Crippen LogP contribution in [0.1, 0.15) is 27.2 Å². The van der Waals surface area contributed by atoms with E-state index in [1.165, 1.54) is 6.21 Å². The van der Waals surface area contributed by atoms with Gasteiger partial charge in [0, 0.05) is 27.2 Å². The number of benzene rings is 2. The van der Waals surface area contributed by atoms with E-state index in [4.69, 9.17) is 34.8 Å². The molecule has 4 aromatic rings. The Morgan fingerprint density at radius 1 is 1.13 bits per heavy atom. The fourth-order valence-electron chi connectivity index (χ4n) is 2.97. The fourth-order valence-corrected chi connectivity index (χ4v) is 3.64. The Morgan fingerprint density at radius 2 is 1.97 bits per heavy atom. The number of amides is 1. The topological polar surface area (TPSA) is 72.2 Å². The van der Waals surface area contributed by atoms with Gasteiger partial charge in [0.25, 0.3) is 5.91 Å². The lowest BCUT2D eigenvalue weighted by Gasteiger charge is -2.05. The summed E-state index contributed by atoms with van der Waals surface area (Å²) in [6.45, 7) is 2.40. The third-order valence-corrected chi connectivity index (χ3v) is 5.43. The fraction of sp³-hybridized carbons (Fsp3) is 0.0909. The molecule has 4 rings (SSSR count). The van der Waals surface area contributed by atoms with Crippen LogP contribution in [0.2, 0.25) is 15.2 Å². The maximum atomic E-state index is 12.4. The Kier molecular flexibility index (Phi) is 6.23. The molecule has 0 aliphatic rings. The number of hydrogen-bond donors (Lipinski definition) is 1. The molecule has 0 saturated heterocycles. The van der Waals surface area contributed by atoms with E-state index in [0.717, 1.165) is 22.0 Å². The Balaban J connectivity index is 1.43. The van der Waals surface area contributed by atoms with Crippen LogP contribution in [0.25, 0.3) is 10.9 Å². The third kappa shape index (κ3) is 5.05. The molecule has 0 unspecified atom stereocenters. The maximum Gasteiger partial charge on any atom is 0.291 e. The molecule has 0 spiro atoms. The third-order valence-electron chi connectivity index (χ3n) is 4.54. The second-order valence-electron chi connectivity index (χ2n) is 6.90. The molecular weight excluding hydrogens is 457 g/mol. The lowest BCUT2D eigenvalue weighted by atomic mass is 10.1. The van der Waals surface area contributed by atoms with Crippen LogP contribution in [0.4, 0.5) is 0 Å². The van der Waals surface area contributed by atoms with Crippen LogP contribution in [-0.2, 0) is 6.54 Å². The van der Waals surface area contributed by atoms with Gasteiger partial charge in [-0.2, -0.15) is 10.2 Å². The molecule has 156 valence electrons. The lowest BCUT2D eigenvalue weighted by molar-refractivity contribution is 0.0949. The zero-order chi connectivity index (χ0) is 22.0. The zero-order valence-electron chi connectivity index (χ0n) is 16.3. The van der Waals surface area contributed by atoms with Gasteiger partial charge in [0.05, 0.1) is 18.3 Å². The minimum Gasteiger partial charge on any atom is -0.267 e. The van der Waals surface area contributed by atoms with Crippen molar-refractivity contribution in [2.75, 3.05) is 0 Å². The summed E-state index contributed by atoms with van der Waals surface area (Å²) in [4.78, 5) is 16.7. The van der Waals surface area contributed by atoms with Gasteiger partial charge in [-0.15, -0.1) is 0 Å². The average molecular weight is 473 g/mol. The van der Waals surface area contributed by atoms with Gasteiger partial charge < -0.3 is 0 Å². The molecule has 1 amide bonds. The van der Waals surface area contributed by atoms with Gasteiger partial charge in [-0.1, -0.05) is 53.0 Å². The van der Waals surface area contributed by atoms with Gasteiger partial charge in [0.2, 0.25) is 0 Å². The molecule has 1 N–H and O–H groups in total. The number of rotatable bonds is 5. The van der Waals surface area contributed by atoms with Crippen LogP contribution >= 0.6 is 34.8 Å². The summed E-state index contributed by atoms with van der Waals surface area (Å²) in [6, 6.07) is 14.6. The molecule has 0 aliphatic heterocycles. The smallest absolute Gasteiger partial charge is 0.267 e. The molecular formula is C22H16Cl3N5O. The van der Waals surface area contributed by atoms with Crippen LogP contribution < -0.4 is 5.43 Å². The summed E-state index contributed by atoms with van der Waals surface area (Å²) in [5, 5.41) is 10.6. The average Bonchev–Trinajstić information content (AvgIpc) is 3.19. The lowest BCUT2D eigenvalue weighted by Crippen LogP contribution is -2.18. The highest BCUT2D eigenvalue weighted by Crippen LogP contribution is 2.22. The van der Waals surface area contributed by atoms with Crippen LogP contribution in [0.15, 0.2) is 59.8 Å². The number of carbonyl (C=O) groups excluding carboxylic acids is 1. The second-order valence-corrected chi connectivity index (χ2v) is 8.10. The van der Waals surface area contributed by atoms with Crippen molar-refractivity contribution >= 4 is 57.8 Å². The minimum atomic E-state index is -0.447. The number of fused-ring (bicyclic) bond motifs is 1. The predicted octanol–water partition coefficient (Wildman–Crippen LogP) is 5.51. The van der Waals surface area contributed by atoms with E-state index in [1.807, 2.05) is 37.3 Å². The van der Waals surface area contributed by atoms with Crippen LogP contribution in [-0.4, -0.2) is 26.9 Å². The van der Waals surface area contributed by atoms with E-state index in [1.54, 1.807) is 29.1 Å². The van der Waals surface area contributed by atoms with Crippen molar-refractivity contribution in [2.24, 2.45) is 5.10 Å². The number of nitrogens with one attached hydrogen (secondary N) is 1. The molecule has 0 fully saturated rings. The SMILES string of the molecule is Cc1ccc2cc(/C=N/NC(=O)c3ccn(Cc4ccc(Cl)cc4Cl)n3)c(Cl)nc2c1. The van der Waals surface area contributed by atoms with E-state index >= 15 is 0 Å². The highest BCUT2D eigenvalue weighted by Gasteiger charge is 2.10. The first-order valence-corrected chi connectivity index (χ1v) is 10.4. The van der Waals surface area contributed by atoms with E-state index in [0.29, 0.717) is 27.3 Å². The Morgan fingerprint density at radius 3 is 2.77 bits per heavy atom. The summed E-state index contributed by atoms with van der Waals surface area (Å²) < 4.78 is 1.61. The van der Waals surface area contributed by atoms with Gasteiger partial charge in [-0.25, -0.2) is 10.4 Å². The van der Waals surface area contributed by atoms with Crippen molar-refractivity contribution in [3.8, 4) is 0 Å². The first-order valence-electron chi connectivity index (χ1n) is 9.27. The number of hydrogen-bond acceptors (Lipinski definition) is 4. The number of aryl methyl sites for hydroxylation is 1. The van der Waals surface area contributed by atoms with Crippen molar-refractivity contribution in [3.05, 3.63) is 92.3 Å². The number of halogens is 3. The molecule has 0 saturated carbocycles. The molecule has 2 heterocycles. The Labute approximate surface area is 193 Å². The van der Waals surface area contributed by atoms with Crippen LogP contribution in [0, 0.1) is 6.92 Å². The van der Waals surface area contributed by atoms with Crippen LogP contribution in [0.3, 0.4) is 0 Å². The summed E-state index contributed by atoms with van der Waals surface area (Å²) in [5.74, 6) is -0.447. The molecule has 2 aromatic heterocycles. The number of carbonyl (C=O) groups is 1. The van der Waals surface area contributed by atoms with Gasteiger partial charge in [0.15, 0.2) is 5.69 Å². The molecule has 0 atom stereocenters. The summed E-state index contributed by atoms with van der Waals surface area (Å²) in [7, 11) is 0. The molecule has 0 radical (unpaired) electrons. The van der Waals surface area contributed by atoms with Gasteiger partial charge in [-0.05, 0) is 48.4 Å². The van der Waals surface area contributed by atoms with Crippen molar-refractivity contribution in [1.29, 1.82) is 0 Å². The molecule has 6 nitrogen and oxygen atoms in total. The highest BCUT2D eigenvalue weighted by molar-refractivity contribution is 6.35. The zero-order valence-corrected chi connectivity index (χ0v) is 18.6. The molecule has 0 aliphatic carbocycles. The second kappa shape index (κ2) is 9.06. The van der Waals surface area contributed by atoms with Crippen LogP contribution in [0.5, 0.6) is 0 Å². The van der Waals surface area contributed by atoms with Gasteiger partial charge in [-0.3, -0.25) is 9.48 Å². The number of pyridine rings is 1. The largest absolute Gasteiger partial charge is 0.291 e. The first kappa shape index (κ1) is 21.3. The number of aromatic nitrogens is 3. The monoisotopic (exact) mass is 471 g/mol. The Bertz CT molecular complexity index is 1320. The summed E-state index contributed by atoms with van der Waals surface area (Å²) >= 11 is 18.4. The minimum absolute atomic E-state index is 0.223.